The average Bonchev–Trinajstić information content (AvgIpc) is 2.84. The molecule has 166 valence electrons. The van der Waals surface area contributed by atoms with Gasteiger partial charge in [0.1, 0.15) is 5.75 Å². The highest BCUT2D eigenvalue weighted by Crippen LogP contribution is 2.35. The van der Waals surface area contributed by atoms with Crippen molar-refractivity contribution in [2.45, 2.75) is 18.2 Å². The van der Waals surface area contributed by atoms with Crippen LogP contribution in [0.2, 0.25) is 0 Å². The topological polar surface area (TPSA) is 41.6 Å². The first-order valence-electron chi connectivity index (χ1n) is 11.1. The smallest absolute Gasteiger partial charge is 0.234 e. The van der Waals surface area contributed by atoms with E-state index in [1.54, 1.807) is 7.11 Å². The van der Waals surface area contributed by atoms with E-state index in [0.717, 1.165) is 31.0 Å². The molecule has 1 N–H and O–H groups in total. The van der Waals surface area contributed by atoms with Gasteiger partial charge in [0.05, 0.1) is 18.9 Å². The Hall–Kier alpha value is -2.76. The van der Waals surface area contributed by atoms with E-state index < -0.39 is 0 Å². The second-order valence-corrected chi connectivity index (χ2v) is 9.19. The maximum Gasteiger partial charge on any atom is 0.234 e. The lowest BCUT2D eigenvalue weighted by Crippen LogP contribution is -2.40. The summed E-state index contributed by atoms with van der Waals surface area (Å²) < 4.78 is 5.51. The normalized spacial score (nSPS) is 13.6. The lowest BCUT2D eigenvalue weighted by Gasteiger charge is -2.29. The zero-order valence-electron chi connectivity index (χ0n) is 18.5. The van der Waals surface area contributed by atoms with Crippen molar-refractivity contribution in [1.82, 2.24) is 10.2 Å². The maximum atomic E-state index is 12.6. The Kier molecular flexibility index (Phi) is 7.86. The third kappa shape index (κ3) is 5.72. The second-order valence-electron chi connectivity index (χ2n) is 7.98. The first kappa shape index (κ1) is 22.4. The molecule has 0 aromatic heterocycles. The Morgan fingerprint density at radius 3 is 2.34 bits per heavy atom. The van der Waals surface area contributed by atoms with Crippen LogP contribution in [-0.2, 0) is 17.8 Å². The number of carbonyl (C=O) groups is 1. The van der Waals surface area contributed by atoms with Crippen LogP contribution in [0.3, 0.4) is 0 Å². The summed E-state index contributed by atoms with van der Waals surface area (Å²) in [7, 11) is 1.71. The Balaban J connectivity index is 1.27. The lowest BCUT2D eigenvalue weighted by molar-refractivity contribution is -0.122. The van der Waals surface area contributed by atoms with Crippen molar-refractivity contribution in [3.63, 3.8) is 0 Å². The zero-order valence-corrected chi connectivity index (χ0v) is 19.3. The molecule has 3 aromatic rings. The van der Waals surface area contributed by atoms with Crippen molar-refractivity contribution >= 4 is 17.7 Å². The molecule has 1 heterocycles. The summed E-state index contributed by atoms with van der Waals surface area (Å²) in [6.07, 6.45) is 0.950. The SMILES string of the molecule is COc1cccc2c1CN(CC(=O)NCCSC(c1ccccc1)c1ccccc1)CC2. The molecule has 32 heavy (non-hydrogen) atoms. The quantitative estimate of drug-likeness (QED) is 0.484. The van der Waals surface area contributed by atoms with Gasteiger partial charge in [-0.1, -0.05) is 72.8 Å². The van der Waals surface area contributed by atoms with Gasteiger partial charge in [0.25, 0.3) is 0 Å². The van der Waals surface area contributed by atoms with Gasteiger partial charge in [-0.25, -0.2) is 0 Å². The summed E-state index contributed by atoms with van der Waals surface area (Å²) in [5, 5.41) is 3.37. The predicted octanol–water partition coefficient (Wildman–Crippen LogP) is 4.69. The molecule has 0 saturated heterocycles. The second kappa shape index (κ2) is 11.2. The Bertz CT molecular complexity index is 957. The highest BCUT2D eigenvalue weighted by Gasteiger charge is 2.21. The van der Waals surface area contributed by atoms with Crippen molar-refractivity contribution in [3.05, 3.63) is 101 Å². The molecule has 0 unspecified atom stereocenters. The van der Waals surface area contributed by atoms with Crippen LogP contribution in [0.25, 0.3) is 0 Å². The molecule has 0 fully saturated rings. The summed E-state index contributed by atoms with van der Waals surface area (Å²) in [6, 6.07) is 27.3. The van der Waals surface area contributed by atoms with Gasteiger partial charge in [0.15, 0.2) is 0 Å². The fraction of sp³-hybridized carbons (Fsp3) is 0.296. The largest absolute Gasteiger partial charge is 0.496 e. The van der Waals surface area contributed by atoms with Gasteiger partial charge in [-0.15, -0.1) is 11.8 Å². The molecule has 0 atom stereocenters. The van der Waals surface area contributed by atoms with Crippen molar-refractivity contribution in [3.8, 4) is 5.75 Å². The van der Waals surface area contributed by atoms with Crippen molar-refractivity contribution in [1.29, 1.82) is 0 Å². The molecule has 1 amide bonds. The van der Waals surface area contributed by atoms with Crippen LogP contribution in [0.5, 0.6) is 5.75 Å². The molecule has 0 bridgehead atoms. The first-order chi connectivity index (χ1) is 15.7. The number of hydrogen-bond acceptors (Lipinski definition) is 4. The van der Waals surface area contributed by atoms with Gasteiger partial charge in [-0.2, -0.15) is 0 Å². The van der Waals surface area contributed by atoms with Crippen LogP contribution in [0.1, 0.15) is 27.5 Å². The molecule has 5 heteroatoms. The van der Waals surface area contributed by atoms with E-state index >= 15 is 0 Å². The third-order valence-electron chi connectivity index (χ3n) is 5.81. The number of fused-ring (bicyclic) bond motifs is 1. The Morgan fingerprint density at radius 1 is 1.00 bits per heavy atom. The number of amides is 1. The van der Waals surface area contributed by atoms with Gasteiger partial charge in [-0.3, -0.25) is 9.69 Å². The van der Waals surface area contributed by atoms with Gasteiger partial charge in [-0.05, 0) is 29.2 Å². The Morgan fingerprint density at radius 2 is 1.69 bits per heavy atom. The monoisotopic (exact) mass is 446 g/mol. The summed E-state index contributed by atoms with van der Waals surface area (Å²) in [5.74, 6) is 1.86. The molecule has 1 aliphatic rings. The van der Waals surface area contributed by atoms with Crippen LogP contribution in [0, 0.1) is 0 Å². The van der Waals surface area contributed by atoms with Crippen LogP contribution in [0.15, 0.2) is 78.9 Å². The highest BCUT2D eigenvalue weighted by atomic mass is 32.2. The minimum Gasteiger partial charge on any atom is -0.496 e. The fourth-order valence-electron chi connectivity index (χ4n) is 4.20. The van der Waals surface area contributed by atoms with Crippen molar-refractivity contribution in [2.75, 3.05) is 32.5 Å². The van der Waals surface area contributed by atoms with E-state index in [2.05, 4.69) is 64.8 Å². The van der Waals surface area contributed by atoms with Gasteiger partial charge >= 0.3 is 0 Å². The van der Waals surface area contributed by atoms with Gasteiger partial charge in [0.2, 0.25) is 5.91 Å². The lowest BCUT2D eigenvalue weighted by atomic mass is 9.99. The number of carbonyl (C=O) groups excluding carboxylic acids is 1. The van der Waals surface area contributed by atoms with E-state index in [1.807, 2.05) is 36.0 Å². The number of nitrogens with zero attached hydrogens (tertiary/aromatic N) is 1. The van der Waals surface area contributed by atoms with E-state index in [9.17, 15) is 4.79 Å². The van der Waals surface area contributed by atoms with E-state index in [1.165, 1.54) is 22.3 Å². The van der Waals surface area contributed by atoms with Crippen LogP contribution in [0.4, 0.5) is 0 Å². The highest BCUT2D eigenvalue weighted by molar-refractivity contribution is 7.99. The molecule has 4 rings (SSSR count). The minimum absolute atomic E-state index is 0.0833. The minimum atomic E-state index is 0.0833. The molecule has 3 aromatic carbocycles. The number of methoxy groups -OCH3 is 1. The molecule has 0 aliphatic carbocycles. The van der Waals surface area contributed by atoms with Gasteiger partial charge < -0.3 is 10.1 Å². The van der Waals surface area contributed by atoms with Crippen molar-refractivity contribution in [2.24, 2.45) is 0 Å². The number of rotatable bonds is 9. The molecule has 0 radical (unpaired) electrons. The molecular formula is C27H30N2O2S. The molecule has 0 spiro atoms. The number of ether oxygens (including phenoxy) is 1. The number of hydrogen-bond donors (Lipinski definition) is 1. The Labute approximate surface area is 195 Å². The standard InChI is InChI=1S/C27H30N2O2S/c1-31-25-14-8-13-21-15-17-29(19-24(21)25)20-26(30)28-16-18-32-27(22-9-4-2-5-10-22)23-11-6-3-7-12-23/h2-14,27H,15-20H2,1H3,(H,28,30). The zero-order chi connectivity index (χ0) is 22.2. The molecule has 1 aliphatic heterocycles. The molecular weight excluding hydrogens is 416 g/mol. The fourth-order valence-corrected chi connectivity index (χ4v) is 5.35. The number of benzene rings is 3. The third-order valence-corrected chi connectivity index (χ3v) is 7.13. The number of nitrogens with one attached hydrogen (secondary N) is 1. The molecule has 4 nitrogen and oxygen atoms in total. The van der Waals surface area contributed by atoms with Crippen molar-refractivity contribution < 1.29 is 9.53 Å². The van der Waals surface area contributed by atoms with E-state index in [0.29, 0.717) is 13.1 Å². The van der Waals surface area contributed by atoms with E-state index in [4.69, 9.17) is 4.74 Å². The first-order valence-corrected chi connectivity index (χ1v) is 12.1. The maximum absolute atomic E-state index is 12.6. The van der Waals surface area contributed by atoms with Crippen LogP contribution >= 0.6 is 11.8 Å². The summed E-state index contributed by atoms with van der Waals surface area (Å²) in [4.78, 5) is 14.8. The molecule has 0 saturated carbocycles. The van der Waals surface area contributed by atoms with E-state index in [-0.39, 0.29) is 11.2 Å². The summed E-state index contributed by atoms with van der Waals surface area (Å²) in [6.45, 7) is 2.73. The summed E-state index contributed by atoms with van der Waals surface area (Å²) in [5.41, 5.74) is 5.11. The summed E-state index contributed by atoms with van der Waals surface area (Å²) >= 11 is 1.87. The predicted molar refractivity (Wildman–Crippen MR) is 132 cm³/mol. The van der Waals surface area contributed by atoms with Gasteiger partial charge in [0, 0.05) is 31.0 Å². The van der Waals surface area contributed by atoms with Crippen LogP contribution in [-0.4, -0.2) is 43.3 Å². The number of thioether (sulfide) groups is 1. The van der Waals surface area contributed by atoms with Crippen LogP contribution < -0.4 is 10.1 Å². The average molecular weight is 447 g/mol.